The molecule has 6 heteroatoms. The van der Waals surface area contributed by atoms with Gasteiger partial charge in [-0.3, -0.25) is 9.59 Å². The summed E-state index contributed by atoms with van der Waals surface area (Å²) in [5.74, 6) is -0.192. The number of unbranched alkanes of at least 4 members (excludes halogenated alkanes) is 3. The summed E-state index contributed by atoms with van der Waals surface area (Å²) in [5, 5.41) is 7.95. The normalized spacial score (nSPS) is 11.1. The van der Waals surface area contributed by atoms with Crippen molar-refractivity contribution in [1.29, 1.82) is 0 Å². The summed E-state index contributed by atoms with van der Waals surface area (Å²) < 4.78 is 0. The molecule has 6 nitrogen and oxygen atoms in total. The molecule has 0 unspecified atom stereocenters. The van der Waals surface area contributed by atoms with Crippen LogP contribution in [-0.4, -0.2) is 24.2 Å². The molecule has 158 valence electrons. The van der Waals surface area contributed by atoms with Gasteiger partial charge in [-0.15, -0.1) is 0 Å². The van der Waals surface area contributed by atoms with E-state index in [9.17, 15) is 9.59 Å². The first kappa shape index (κ1) is 23.0. The van der Waals surface area contributed by atoms with Crippen LogP contribution in [0.5, 0.6) is 0 Å². The van der Waals surface area contributed by atoms with Crippen LogP contribution in [0.3, 0.4) is 0 Å². The Morgan fingerprint density at radius 2 is 1.03 bits per heavy atom. The summed E-state index contributed by atoms with van der Waals surface area (Å²) in [5.41, 5.74) is 9.35. The van der Waals surface area contributed by atoms with Gasteiger partial charge < -0.3 is 0 Å². The molecule has 2 aromatic carbocycles. The number of hydrogen-bond donors (Lipinski definition) is 2. The first-order valence-corrected chi connectivity index (χ1v) is 10.3. The van der Waals surface area contributed by atoms with Gasteiger partial charge in [0.25, 0.3) is 0 Å². The SMILES string of the molecule is Cc1ccc(/C=N/NC(=O)CCCCCCC(=O)N/N=C/c2ccc(C)cc2)cc1. The summed E-state index contributed by atoms with van der Waals surface area (Å²) in [7, 11) is 0. The first-order valence-electron chi connectivity index (χ1n) is 10.3. The molecule has 0 saturated carbocycles. The third-order valence-corrected chi connectivity index (χ3v) is 4.52. The molecular formula is C24H30N4O2. The van der Waals surface area contributed by atoms with Crippen LogP contribution in [0.1, 0.15) is 60.8 Å². The molecule has 0 radical (unpaired) electrons. The smallest absolute Gasteiger partial charge is 0.240 e. The molecule has 0 aliphatic heterocycles. The van der Waals surface area contributed by atoms with E-state index in [1.807, 2.05) is 62.4 Å². The Bertz CT molecular complexity index is 782. The van der Waals surface area contributed by atoms with Crippen molar-refractivity contribution >= 4 is 24.2 Å². The molecule has 30 heavy (non-hydrogen) atoms. The van der Waals surface area contributed by atoms with Crippen LogP contribution in [0.25, 0.3) is 0 Å². The van der Waals surface area contributed by atoms with E-state index in [1.54, 1.807) is 12.4 Å². The molecule has 2 rings (SSSR count). The minimum Gasteiger partial charge on any atom is -0.273 e. The fraction of sp³-hybridized carbons (Fsp3) is 0.333. The van der Waals surface area contributed by atoms with Crippen LogP contribution >= 0.6 is 0 Å². The van der Waals surface area contributed by atoms with Crippen molar-refractivity contribution in [1.82, 2.24) is 10.9 Å². The number of hydrogen-bond acceptors (Lipinski definition) is 4. The van der Waals surface area contributed by atoms with Crippen molar-refractivity contribution in [2.24, 2.45) is 10.2 Å². The minimum atomic E-state index is -0.0958. The van der Waals surface area contributed by atoms with Gasteiger partial charge in [0, 0.05) is 12.8 Å². The molecule has 2 amide bonds. The lowest BCUT2D eigenvalue weighted by atomic mass is 10.1. The predicted octanol–water partition coefficient (Wildman–Crippen LogP) is 4.24. The number of rotatable bonds is 11. The molecule has 2 aromatic rings. The largest absolute Gasteiger partial charge is 0.273 e. The molecule has 0 heterocycles. The highest BCUT2D eigenvalue weighted by Gasteiger charge is 2.02. The summed E-state index contributed by atoms with van der Waals surface area (Å²) >= 11 is 0. The highest BCUT2D eigenvalue weighted by molar-refractivity contribution is 5.83. The lowest BCUT2D eigenvalue weighted by Crippen LogP contribution is -2.17. The fourth-order valence-electron chi connectivity index (χ4n) is 2.70. The second-order valence-corrected chi connectivity index (χ2v) is 7.32. The molecule has 0 aliphatic rings. The van der Waals surface area contributed by atoms with E-state index in [-0.39, 0.29) is 11.8 Å². The molecular weight excluding hydrogens is 376 g/mol. The summed E-state index contributed by atoms with van der Waals surface area (Å²) in [6, 6.07) is 15.8. The molecule has 0 saturated heterocycles. The van der Waals surface area contributed by atoms with Crippen molar-refractivity contribution in [3.8, 4) is 0 Å². The molecule has 0 aromatic heterocycles. The van der Waals surface area contributed by atoms with Crippen molar-refractivity contribution < 1.29 is 9.59 Å². The van der Waals surface area contributed by atoms with Gasteiger partial charge in [0.1, 0.15) is 0 Å². The minimum absolute atomic E-state index is 0.0958. The highest BCUT2D eigenvalue weighted by atomic mass is 16.2. The van der Waals surface area contributed by atoms with Gasteiger partial charge in [-0.25, -0.2) is 10.9 Å². The number of hydrazone groups is 2. The maximum atomic E-state index is 11.8. The van der Waals surface area contributed by atoms with Gasteiger partial charge in [0.05, 0.1) is 12.4 Å². The van der Waals surface area contributed by atoms with Gasteiger partial charge in [-0.1, -0.05) is 72.5 Å². The Kier molecular flexibility index (Phi) is 10.00. The average Bonchev–Trinajstić information content (AvgIpc) is 2.73. The second kappa shape index (κ2) is 13.0. The zero-order valence-corrected chi connectivity index (χ0v) is 17.7. The van der Waals surface area contributed by atoms with E-state index in [1.165, 1.54) is 11.1 Å². The Labute approximate surface area is 178 Å². The molecule has 0 aliphatic carbocycles. The van der Waals surface area contributed by atoms with Gasteiger partial charge in [0.2, 0.25) is 11.8 Å². The van der Waals surface area contributed by atoms with E-state index in [2.05, 4.69) is 21.1 Å². The van der Waals surface area contributed by atoms with Crippen LogP contribution < -0.4 is 10.9 Å². The summed E-state index contributed by atoms with van der Waals surface area (Å²) in [6.45, 7) is 4.05. The quantitative estimate of drug-likeness (QED) is 0.332. The van der Waals surface area contributed by atoms with E-state index in [0.717, 1.165) is 36.8 Å². The molecule has 2 N–H and O–H groups in total. The first-order chi connectivity index (χ1) is 14.5. The molecule has 0 fully saturated rings. The Morgan fingerprint density at radius 3 is 1.40 bits per heavy atom. The maximum Gasteiger partial charge on any atom is 0.240 e. The van der Waals surface area contributed by atoms with Crippen LogP contribution in [0.15, 0.2) is 58.7 Å². The number of nitrogens with one attached hydrogen (secondary N) is 2. The van der Waals surface area contributed by atoms with Gasteiger partial charge in [0.15, 0.2) is 0 Å². The van der Waals surface area contributed by atoms with E-state index in [0.29, 0.717) is 12.8 Å². The predicted molar refractivity (Wildman–Crippen MR) is 122 cm³/mol. The van der Waals surface area contributed by atoms with Crippen LogP contribution in [-0.2, 0) is 9.59 Å². The Hall–Kier alpha value is -3.28. The summed E-state index contributed by atoms with van der Waals surface area (Å²) in [4.78, 5) is 23.6. The monoisotopic (exact) mass is 406 g/mol. The van der Waals surface area contributed by atoms with E-state index < -0.39 is 0 Å². The van der Waals surface area contributed by atoms with Gasteiger partial charge in [-0.05, 0) is 37.8 Å². The number of carbonyl (C=O) groups excluding carboxylic acids is 2. The van der Waals surface area contributed by atoms with Crippen molar-refractivity contribution in [3.05, 3.63) is 70.8 Å². The van der Waals surface area contributed by atoms with Crippen LogP contribution in [0.2, 0.25) is 0 Å². The fourth-order valence-corrected chi connectivity index (χ4v) is 2.70. The average molecular weight is 407 g/mol. The molecule has 0 atom stereocenters. The van der Waals surface area contributed by atoms with E-state index >= 15 is 0 Å². The highest BCUT2D eigenvalue weighted by Crippen LogP contribution is 2.06. The lowest BCUT2D eigenvalue weighted by Gasteiger charge is -2.02. The van der Waals surface area contributed by atoms with Gasteiger partial charge >= 0.3 is 0 Å². The third kappa shape index (κ3) is 9.78. The standard InChI is InChI=1S/C24H30N4O2/c1-19-9-13-21(14-10-19)17-25-27-23(29)7-5-3-4-6-8-24(30)28-26-18-22-15-11-20(2)12-16-22/h9-18H,3-8H2,1-2H3,(H,27,29)(H,28,30)/b25-17+,26-18+. The van der Waals surface area contributed by atoms with Crippen molar-refractivity contribution in [2.45, 2.75) is 52.4 Å². The number of aryl methyl sites for hydroxylation is 2. The topological polar surface area (TPSA) is 82.9 Å². The van der Waals surface area contributed by atoms with Crippen LogP contribution in [0.4, 0.5) is 0 Å². The molecule has 0 spiro atoms. The number of nitrogens with zero attached hydrogens (tertiary/aromatic N) is 2. The second-order valence-electron chi connectivity index (χ2n) is 7.32. The van der Waals surface area contributed by atoms with Crippen LogP contribution in [0, 0.1) is 13.8 Å². The zero-order chi connectivity index (χ0) is 21.6. The van der Waals surface area contributed by atoms with Gasteiger partial charge in [-0.2, -0.15) is 10.2 Å². The number of carbonyl (C=O) groups is 2. The summed E-state index contributed by atoms with van der Waals surface area (Å²) in [6.07, 6.45) is 7.48. The zero-order valence-electron chi connectivity index (χ0n) is 17.7. The van der Waals surface area contributed by atoms with Crippen molar-refractivity contribution in [3.63, 3.8) is 0 Å². The molecule has 0 bridgehead atoms. The van der Waals surface area contributed by atoms with E-state index in [4.69, 9.17) is 0 Å². The number of benzene rings is 2. The lowest BCUT2D eigenvalue weighted by molar-refractivity contribution is -0.122. The Balaban J connectivity index is 1.49. The number of amides is 2. The maximum absolute atomic E-state index is 11.8. The van der Waals surface area contributed by atoms with Crippen molar-refractivity contribution in [2.75, 3.05) is 0 Å². The third-order valence-electron chi connectivity index (χ3n) is 4.52. The Morgan fingerprint density at radius 1 is 0.667 bits per heavy atom.